The first-order chi connectivity index (χ1) is 17.0. The van der Waals surface area contributed by atoms with Gasteiger partial charge < -0.3 is 4.74 Å². The van der Waals surface area contributed by atoms with Gasteiger partial charge in [0, 0.05) is 9.13 Å². The van der Waals surface area contributed by atoms with Crippen molar-refractivity contribution in [2.45, 2.75) is 13.2 Å². The highest BCUT2D eigenvalue weighted by Gasteiger charge is 2.35. The van der Waals surface area contributed by atoms with Crippen molar-refractivity contribution in [3.05, 3.63) is 114 Å². The number of halogens is 2. The minimum Gasteiger partial charge on any atom is -0.487 e. The third-order valence-corrected chi connectivity index (χ3v) is 7.96. The molecule has 2 amide bonds. The molecule has 4 nitrogen and oxygen atoms in total. The number of rotatable bonds is 6. The number of fused-ring (bicyclic) bond motifs is 1. The number of imide groups is 1. The van der Waals surface area contributed by atoms with Crippen LogP contribution in [-0.4, -0.2) is 16.0 Å². The highest BCUT2D eigenvalue weighted by molar-refractivity contribution is 14.1. The van der Waals surface area contributed by atoms with Crippen LogP contribution < -0.4 is 4.74 Å². The number of hydrogen-bond donors (Lipinski definition) is 0. The summed E-state index contributed by atoms with van der Waals surface area (Å²) >= 11 is 5.48. The summed E-state index contributed by atoms with van der Waals surface area (Å²) in [7, 11) is 0. The van der Waals surface area contributed by atoms with Crippen LogP contribution in [0, 0.1) is 7.14 Å². The fourth-order valence-electron chi connectivity index (χ4n) is 3.95. The Bertz CT molecular complexity index is 1460. The number of benzene rings is 4. The molecule has 4 aromatic carbocycles. The first-order valence-electron chi connectivity index (χ1n) is 10.9. The maximum atomic E-state index is 13.3. The molecule has 5 rings (SSSR count). The van der Waals surface area contributed by atoms with E-state index in [-0.39, 0.29) is 17.7 Å². The zero-order valence-corrected chi connectivity index (χ0v) is 23.5. The SMILES string of the molecule is O=C1S/C(=C/c2cc(I)cc(I)c2OCc2ccccc2)C(=O)N1Cc1cccc2ccccc12. The monoisotopic (exact) mass is 703 g/mol. The van der Waals surface area contributed by atoms with Crippen molar-refractivity contribution in [2.75, 3.05) is 0 Å². The van der Waals surface area contributed by atoms with Crippen molar-refractivity contribution < 1.29 is 14.3 Å². The van der Waals surface area contributed by atoms with Crippen LogP contribution in [-0.2, 0) is 17.9 Å². The molecule has 0 radical (unpaired) electrons. The van der Waals surface area contributed by atoms with Gasteiger partial charge in [-0.25, -0.2) is 0 Å². The van der Waals surface area contributed by atoms with Crippen LogP contribution in [0.1, 0.15) is 16.7 Å². The Kier molecular flexibility index (Phi) is 7.45. The predicted octanol–water partition coefficient (Wildman–Crippen LogP) is 7.86. The topological polar surface area (TPSA) is 46.6 Å². The molecule has 0 aliphatic carbocycles. The summed E-state index contributed by atoms with van der Waals surface area (Å²) in [6, 6.07) is 27.9. The first-order valence-corrected chi connectivity index (χ1v) is 13.8. The Morgan fingerprint density at radius 2 is 1.63 bits per heavy atom. The lowest BCUT2D eigenvalue weighted by atomic mass is 10.0. The first kappa shape index (κ1) is 24.3. The molecule has 1 aliphatic rings. The van der Waals surface area contributed by atoms with Gasteiger partial charge in [-0.3, -0.25) is 14.5 Å². The molecule has 35 heavy (non-hydrogen) atoms. The molecule has 0 aromatic heterocycles. The summed E-state index contributed by atoms with van der Waals surface area (Å²) in [5.74, 6) is 0.423. The van der Waals surface area contributed by atoms with Gasteiger partial charge in [-0.2, -0.15) is 0 Å². The van der Waals surface area contributed by atoms with Crippen LogP contribution in [0.4, 0.5) is 4.79 Å². The average Bonchev–Trinajstić information content (AvgIpc) is 3.11. The molecule has 0 saturated carbocycles. The van der Waals surface area contributed by atoms with Crippen LogP contribution in [0.3, 0.4) is 0 Å². The number of thioether (sulfide) groups is 1. The quantitative estimate of drug-likeness (QED) is 0.152. The van der Waals surface area contributed by atoms with E-state index < -0.39 is 0 Å². The van der Waals surface area contributed by atoms with Gasteiger partial charge in [0.25, 0.3) is 11.1 Å². The largest absolute Gasteiger partial charge is 0.487 e. The molecule has 4 aromatic rings. The van der Waals surface area contributed by atoms with Crippen molar-refractivity contribution in [1.82, 2.24) is 4.90 Å². The minimum absolute atomic E-state index is 0.241. The molecular weight excluding hydrogens is 684 g/mol. The van der Waals surface area contributed by atoms with E-state index in [0.29, 0.717) is 17.3 Å². The molecule has 0 N–H and O–H groups in total. The zero-order valence-electron chi connectivity index (χ0n) is 18.4. The zero-order chi connectivity index (χ0) is 24.4. The van der Waals surface area contributed by atoms with Crippen molar-refractivity contribution in [1.29, 1.82) is 0 Å². The Balaban J connectivity index is 1.43. The summed E-state index contributed by atoms with van der Waals surface area (Å²) in [6.45, 7) is 0.658. The Hall–Kier alpha value is -2.37. The maximum Gasteiger partial charge on any atom is 0.293 e. The van der Waals surface area contributed by atoms with Gasteiger partial charge in [-0.05, 0) is 97.1 Å². The average molecular weight is 703 g/mol. The van der Waals surface area contributed by atoms with Crippen LogP contribution in [0.25, 0.3) is 16.8 Å². The highest BCUT2D eigenvalue weighted by Crippen LogP contribution is 2.37. The number of ether oxygens (including phenoxy) is 1. The molecule has 1 saturated heterocycles. The van der Waals surface area contributed by atoms with E-state index in [1.807, 2.05) is 84.9 Å². The lowest BCUT2D eigenvalue weighted by Gasteiger charge is -2.15. The van der Waals surface area contributed by atoms with E-state index in [9.17, 15) is 9.59 Å². The molecule has 1 aliphatic heterocycles. The second-order valence-electron chi connectivity index (χ2n) is 7.99. The number of carbonyl (C=O) groups excluding carboxylic acids is 2. The fraction of sp³-hybridized carbons (Fsp3) is 0.0714. The van der Waals surface area contributed by atoms with Gasteiger partial charge in [0.05, 0.1) is 15.0 Å². The van der Waals surface area contributed by atoms with Gasteiger partial charge in [0.1, 0.15) is 12.4 Å². The summed E-state index contributed by atoms with van der Waals surface area (Å²) in [5, 5.41) is 1.87. The number of hydrogen-bond acceptors (Lipinski definition) is 4. The van der Waals surface area contributed by atoms with Crippen LogP contribution in [0.2, 0.25) is 0 Å². The van der Waals surface area contributed by atoms with E-state index in [4.69, 9.17) is 4.74 Å². The molecule has 174 valence electrons. The van der Waals surface area contributed by atoms with Gasteiger partial charge >= 0.3 is 0 Å². The van der Waals surface area contributed by atoms with Gasteiger partial charge in [-0.1, -0.05) is 72.8 Å². The molecule has 0 unspecified atom stereocenters. The Morgan fingerprint density at radius 1 is 0.886 bits per heavy atom. The molecule has 0 atom stereocenters. The Morgan fingerprint density at radius 3 is 2.46 bits per heavy atom. The van der Waals surface area contributed by atoms with Crippen LogP contribution in [0.15, 0.2) is 89.8 Å². The second-order valence-corrected chi connectivity index (χ2v) is 11.4. The highest BCUT2D eigenvalue weighted by atomic mass is 127. The molecule has 7 heteroatoms. The van der Waals surface area contributed by atoms with E-state index in [0.717, 1.165) is 46.4 Å². The summed E-state index contributed by atoms with van der Waals surface area (Å²) in [4.78, 5) is 27.9. The minimum atomic E-state index is -0.282. The van der Waals surface area contributed by atoms with Crippen LogP contribution in [0.5, 0.6) is 5.75 Å². The maximum absolute atomic E-state index is 13.3. The van der Waals surface area contributed by atoms with E-state index in [2.05, 4.69) is 45.2 Å². The molecule has 0 spiro atoms. The standard InChI is InChI=1S/C28H19I2NO3S/c29-22-13-21(26(24(30)15-22)34-17-18-7-2-1-3-8-18)14-25-27(32)31(28(33)35-25)16-20-11-6-10-19-9-4-5-12-23(19)20/h1-15H,16-17H2/b25-14+. The molecule has 1 fully saturated rings. The summed E-state index contributed by atoms with van der Waals surface area (Å²) < 4.78 is 8.16. The molecule has 1 heterocycles. The van der Waals surface area contributed by atoms with Crippen LogP contribution >= 0.6 is 56.9 Å². The Labute approximate surface area is 235 Å². The normalized spacial score (nSPS) is 14.8. The lowest BCUT2D eigenvalue weighted by Crippen LogP contribution is -2.27. The summed E-state index contributed by atoms with van der Waals surface area (Å²) in [6.07, 6.45) is 1.78. The van der Waals surface area contributed by atoms with Crippen molar-refractivity contribution >= 4 is 84.9 Å². The van der Waals surface area contributed by atoms with Crippen molar-refractivity contribution in [3.8, 4) is 5.75 Å². The summed E-state index contributed by atoms with van der Waals surface area (Å²) in [5.41, 5.74) is 2.79. The van der Waals surface area contributed by atoms with Crippen molar-refractivity contribution in [3.63, 3.8) is 0 Å². The van der Waals surface area contributed by atoms with Gasteiger partial charge in [-0.15, -0.1) is 0 Å². The second kappa shape index (κ2) is 10.7. The van der Waals surface area contributed by atoms with Gasteiger partial charge in [0.15, 0.2) is 0 Å². The number of amides is 2. The van der Waals surface area contributed by atoms with E-state index in [1.54, 1.807) is 6.08 Å². The van der Waals surface area contributed by atoms with E-state index >= 15 is 0 Å². The number of carbonyl (C=O) groups is 2. The lowest BCUT2D eigenvalue weighted by molar-refractivity contribution is -0.123. The smallest absolute Gasteiger partial charge is 0.293 e. The van der Waals surface area contributed by atoms with Crippen molar-refractivity contribution in [2.24, 2.45) is 0 Å². The molecule has 0 bridgehead atoms. The fourth-order valence-corrected chi connectivity index (χ4v) is 6.82. The third-order valence-electron chi connectivity index (χ3n) is 5.63. The third kappa shape index (κ3) is 5.41. The predicted molar refractivity (Wildman–Crippen MR) is 158 cm³/mol. The van der Waals surface area contributed by atoms with Gasteiger partial charge in [0.2, 0.25) is 0 Å². The number of nitrogens with zero attached hydrogens (tertiary/aromatic N) is 1. The van der Waals surface area contributed by atoms with E-state index in [1.165, 1.54) is 4.90 Å². The molecular formula is C28H19I2NO3S.